The molecule has 2 rings (SSSR count). The molecule has 1 amide bonds. The number of hydrogen-bond acceptors (Lipinski definition) is 3. The van der Waals surface area contributed by atoms with E-state index in [1.807, 2.05) is 30.3 Å². The van der Waals surface area contributed by atoms with Crippen molar-refractivity contribution >= 4 is 27.5 Å². The van der Waals surface area contributed by atoms with Crippen LogP contribution in [0.4, 0.5) is 5.69 Å². The summed E-state index contributed by atoms with van der Waals surface area (Å²) in [6, 6.07) is 12.1. The number of benzene rings is 1. The van der Waals surface area contributed by atoms with Gasteiger partial charge in [-0.3, -0.25) is 4.79 Å². The van der Waals surface area contributed by atoms with Crippen LogP contribution in [-0.2, 0) is 4.79 Å². The second-order valence-corrected chi connectivity index (χ2v) is 4.56. The van der Waals surface area contributed by atoms with Gasteiger partial charge >= 0.3 is 0 Å². The highest BCUT2D eigenvalue weighted by molar-refractivity contribution is 9.10. The van der Waals surface area contributed by atoms with E-state index in [2.05, 4.69) is 26.2 Å². The average molecular weight is 306 g/mol. The van der Waals surface area contributed by atoms with E-state index in [-0.39, 0.29) is 5.91 Å². The summed E-state index contributed by atoms with van der Waals surface area (Å²) in [7, 11) is 0. The molecule has 0 radical (unpaired) electrons. The highest BCUT2D eigenvalue weighted by Gasteiger charge is 2.15. The maximum absolute atomic E-state index is 11.9. The van der Waals surface area contributed by atoms with Gasteiger partial charge in [0.1, 0.15) is 10.6 Å². The van der Waals surface area contributed by atoms with Crippen LogP contribution in [0.1, 0.15) is 11.6 Å². The molecule has 0 spiro atoms. The Morgan fingerprint density at radius 3 is 2.56 bits per heavy atom. The van der Waals surface area contributed by atoms with Crippen LogP contribution in [-0.4, -0.2) is 10.9 Å². The van der Waals surface area contributed by atoms with Crippen molar-refractivity contribution in [2.45, 2.75) is 6.04 Å². The fourth-order valence-electron chi connectivity index (χ4n) is 1.48. The quantitative estimate of drug-likeness (QED) is 0.856. The minimum atomic E-state index is -0.685. The number of nitrogens with one attached hydrogen (secondary N) is 1. The average Bonchev–Trinajstić information content (AvgIpc) is 2.41. The molecule has 1 aromatic carbocycles. The molecule has 18 heavy (non-hydrogen) atoms. The summed E-state index contributed by atoms with van der Waals surface area (Å²) in [5, 5.41) is 2.72. The summed E-state index contributed by atoms with van der Waals surface area (Å²) in [5.74, 6) is -0.259. The fourth-order valence-corrected chi connectivity index (χ4v) is 1.72. The molecule has 1 atom stereocenters. The van der Waals surface area contributed by atoms with E-state index >= 15 is 0 Å². The Labute approximate surface area is 113 Å². The third kappa shape index (κ3) is 3.15. The van der Waals surface area contributed by atoms with Crippen molar-refractivity contribution in [3.63, 3.8) is 0 Å². The first-order valence-electron chi connectivity index (χ1n) is 5.40. The van der Waals surface area contributed by atoms with Crippen molar-refractivity contribution in [2.75, 3.05) is 5.32 Å². The Hall–Kier alpha value is -1.72. The van der Waals surface area contributed by atoms with Crippen LogP contribution in [0.2, 0.25) is 0 Å². The van der Waals surface area contributed by atoms with Gasteiger partial charge in [0.2, 0.25) is 5.91 Å². The monoisotopic (exact) mass is 305 g/mol. The van der Waals surface area contributed by atoms with Crippen LogP contribution in [0.3, 0.4) is 0 Å². The number of amides is 1. The molecular formula is C13H12BrN3O. The normalized spacial score (nSPS) is 11.9. The first-order valence-corrected chi connectivity index (χ1v) is 6.19. The molecule has 0 saturated heterocycles. The van der Waals surface area contributed by atoms with E-state index < -0.39 is 6.04 Å². The molecule has 0 aliphatic rings. The number of nitrogens with two attached hydrogens (primary N) is 1. The van der Waals surface area contributed by atoms with Crippen molar-refractivity contribution in [1.82, 2.24) is 4.98 Å². The van der Waals surface area contributed by atoms with Crippen LogP contribution in [0.5, 0.6) is 0 Å². The van der Waals surface area contributed by atoms with E-state index in [1.165, 1.54) is 0 Å². The van der Waals surface area contributed by atoms with Crippen molar-refractivity contribution in [2.24, 2.45) is 5.73 Å². The Kier molecular flexibility index (Phi) is 4.07. The zero-order chi connectivity index (χ0) is 13.0. The number of carbonyl (C=O) groups is 1. The predicted molar refractivity (Wildman–Crippen MR) is 73.9 cm³/mol. The van der Waals surface area contributed by atoms with Gasteiger partial charge < -0.3 is 11.1 Å². The molecule has 0 aliphatic heterocycles. The van der Waals surface area contributed by atoms with Gasteiger partial charge in [0.25, 0.3) is 0 Å². The van der Waals surface area contributed by atoms with E-state index in [0.29, 0.717) is 10.3 Å². The van der Waals surface area contributed by atoms with Gasteiger partial charge in [-0.05, 0) is 33.6 Å². The largest absolute Gasteiger partial charge is 0.323 e. The minimum Gasteiger partial charge on any atom is -0.323 e. The molecule has 3 N–H and O–H groups in total. The first-order chi connectivity index (χ1) is 8.66. The summed E-state index contributed by atoms with van der Waals surface area (Å²) in [5.41, 5.74) is 7.27. The topological polar surface area (TPSA) is 68.0 Å². The number of halogens is 1. The third-order valence-electron chi connectivity index (χ3n) is 2.44. The van der Waals surface area contributed by atoms with Gasteiger partial charge in [0.05, 0.1) is 11.9 Å². The predicted octanol–water partition coefficient (Wildman–Crippen LogP) is 2.48. The van der Waals surface area contributed by atoms with Gasteiger partial charge in [0, 0.05) is 0 Å². The van der Waals surface area contributed by atoms with Crippen LogP contribution in [0.25, 0.3) is 0 Å². The Bertz CT molecular complexity index is 528. The number of pyridine rings is 1. The Balaban J connectivity index is 2.06. The molecule has 5 heteroatoms. The highest BCUT2D eigenvalue weighted by atomic mass is 79.9. The lowest BCUT2D eigenvalue weighted by Gasteiger charge is -2.12. The van der Waals surface area contributed by atoms with Gasteiger partial charge in [-0.2, -0.15) is 0 Å². The lowest BCUT2D eigenvalue weighted by molar-refractivity contribution is -0.117. The molecule has 92 valence electrons. The number of nitrogens with zero attached hydrogens (tertiary/aromatic N) is 1. The highest BCUT2D eigenvalue weighted by Crippen LogP contribution is 2.14. The Morgan fingerprint density at radius 2 is 1.94 bits per heavy atom. The number of hydrogen-bond donors (Lipinski definition) is 2. The van der Waals surface area contributed by atoms with Crippen LogP contribution < -0.4 is 11.1 Å². The lowest BCUT2D eigenvalue weighted by atomic mass is 10.1. The fraction of sp³-hybridized carbons (Fsp3) is 0.0769. The number of aromatic nitrogens is 1. The maximum atomic E-state index is 11.9. The second kappa shape index (κ2) is 5.75. The van der Waals surface area contributed by atoms with Gasteiger partial charge in [0.15, 0.2) is 0 Å². The first kappa shape index (κ1) is 12.7. The smallest absolute Gasteiger partial charge is 0.245 e. The molecule has 2 aromatic rings. The maximum Gasteiger partial charge on any atom is 0.245 e. The SMILES string of the molecule is NC(C(=O)Nc1ccc(Br)nc1)c1ccccc1. The molecule has 1 aromatic heterocycles. The number of rotatable bonds is 3. The summed E-state index contributed by atoms with van der Waals surface area (Å²) < 4.78 is 0.716. The van der Waals surface area contributed by atoms with Crippen LogP contribution in [0, 0.1) is 0 Å². The molecule has 0 fully saturated rings. The molecule has 1 heterocycles. The summed E-state index contributed by atoms with van der Waals surface area (Å²) in [6.07, 6.45) is 1.57. The molecule has 1 unspecified atom stereocenters. The van der Waals surface area contributed by atoms with E-state index in [4.69, 9.17) is 5.73 Å². The van der Waals surface area contributed by atoms with Crippen LogP contribution in [0.15, 0.2) is 53.3 Å². The van der Waals surface area contributed by atoms with Crippen molar-refractivity contribution in [3.8, 4) is 0 Å². The van der Waals surface area contributed by atoms with Crippen molar-refractivity contribution < 1.29 is 4.79 Å². The van der Waals surface area contributed by atoms with E-state index in [9.17, 15) is 4.79 Å². The third-order valence-corrected chi connectivity index (χ3v) is 2.91. The van der Waals surface area contributed by atoms with Gasteiger partial charge in [-0.25, -0.2) is 4.98 Å². The van der Waals surface area contributed by atoms with E-state index in [0.717, 1.165) is 5.56 Å². The number of anilines is 1. The van der Waals surface area contributed by atoms with Crippen molar-refractivity contribution in [3.05, 3.63) is 58.8 Å². The second-order valence-electron chi connectivity index (χ2n) is 3.75. The molecule has 0 saturated carbocycles. The standard InChI is InChI=1S/C13H12BrN3O/c14-11-7-6-10(8-16-11)17-13(18)12(15)9-4-2-1-3-5-9/h1-8,12H,15H2,(H,17,18). The zero-order valence-corrected chi connectivity index (χ0v) is 11.1. The van der Waals surface area contributed by atoms with Crippen molar-refractivity contribution in [1.29, 1.82) is 0 Å². The molecule has 0 bridgehead atoms. The molecular weight excluding hydrogens is 294 g/mol. The van der Waals surface area contributed by atoms with Crippen LogP contribution >= 0.6 is 15.9 Å². The Morgan fingerprint density at radius 1 is 1.22 bits per heavy atom. The lowest BCUT2D eigenvalue weighted by Crippen LogP contribution is -2.27. The summed E-state index contributed by atoms with van der Waals surface area (Å²) in [4.78, 5) is 15.9. The van der Waals surface area contributed by atoms with Gasteiger partial charge in [-0.1, -0.05) is 30.3 Å². The zero-order valence-electron chi connectivity index (χ0n) is 9.51. The summed E-state index contributed by atoms with van der Waals surface area (Å²) >= 11 is 3.23. The van der Waals surface area contributed by atoms with Gasteiger partial charge in [-0.15, -0.1) is 0 Å². The summed E-state index contributed by atoms with van der Waals surface area (Å²) in [6.45, 7) is 0. The van der Waals surface area contributed by atoms with E-state index in [1.54, 1.807) is 18.3 Å². The molecule has 0 aliphatic carbocycles. The minimum absolute atomic E-state index is 0.259. The molecule has 4 nitrogen and oxygen atoms in total. The number of carbonyl (C=O) groups excluding carboxylic acids is 1.